The van der Waals surface area contributed by atoms with Crippen molar-refractivity contribution < 1.29 is 4.74 Å². The van der Waals surface area contributed by atoms with E-state index in [1.54, 1.807) is 0 Å². The molecule has 2 saturated heterocycles. The molecular weight excluding hydrogens is 224 g/mol. The summed E-state index contributed by atoms with van der Waals surface area (Å²) in [6.45, 7) is 12.3. The molecule has 2 unspecified atom stereocenters. The average Bonchev–Trinajstić information content (AvgIpc) is 2.79. The maximum absolute atomic E-state index is 5.70. The second-order valence-corrected chi connectivity index (χ2v) is 6.65. The second kappa shape index (κ2) is 6.36. The van der Waals surface area contributed by atoms with E-state index in [1.807, 2.05) is 0 Å². The summed E-state index contributed by atoms with van der Waals surface area (Å²) in [5.74, 6) is 0. The molecule has 3 nitrogen and oxygen atoms in total. The van der Waals surface area contributed by atoms with E-state index in [1.165, 1.54) is 38.8 Å². The van der Waals surface area contributed by atoms with E-state index >= 15 is 0 Å². The highest BCUT2D eigenvalue weighted by Gasteiger charge is 2.37. The first-order valence-electron chi connectivity index (χ1n) is 7.66. The van der Waals surface area contributed by atoms with Gasteiger partial charge in [-0.25, -0.2) is 0 Å². The number of nitrogens with zero attached hydrogens (tertiary/aromatic N) is 1. The third kappa shape index (κ3) is 3.69. The highest BCUT2D eigenvalue weighted by molar-refractivity contribution is 4.90. The first kappa shape index (κ1) is 14.3. The van der Waals surface area contributed by atoms with E-state index in [-0.39, 0.29) is 0 Å². The number of likely N-dealkylation sites (tertiary alicyclic amines) is 1. The minimum absolute atomic E-state index is 0.357. The Morgan fingerprint density at radius 3 is 2.83 bits per heavy atom. The Morgan fingerprint density at radius 2 is 2.22 bits per heavy atom. The third-order valence-electron chi connectivity index (χ3n) is 4.55. The normalized spacial score (nSPS) is 34.3. The summed E-state index contributed by atoms with van der Waals surface area (Å²) in [5, 5.41) is 3.63. The van der Waals surface area contributed by atoms with Crippen molar-refractivity contribution in [3.05, 3.63) is 0 Å². The van der Waals surface area contributed by atoms with Gasteiger partial charge >= 0.3 is 0 Å². The van der Waals surface area contributed by atoms with Gasteiger partial charge in [-0.05, 0) is 32.7 Å². The number of ether oxygens (including phenoxy) is 1. The Kier molecular flexibility index (Phi) is 5.05. The van der Waals surface area contributed by atoms with Crippen molar-refractivity contribution >= 4 is 0 Å². The smallest absolute Gasteiger partial charge is 0.0547 e. The fourth-order valence-electron chi connectivity index (χ4n) is 3.21. The average molecular weight is 254 g/mol. The van der Waals surface area contributed by atoms with Crippen LogP contribution in [0.15, 0.2) is 0 Å². The van der Waals surface area contributed by atoms with Crippen LogP contribution in [0.1, 0.15) is 46.5 Å². The summed E-state index contributed by atoms with van der Waals surface area (Å²) in [4.78, 5) is 2.69. The quantitative estimate of drug-likeness (QED) is 0.814. The maximum Gasteiger partial charge on any atom is 0.0547 e. The topological polar surface area (TPSA) is 24.5 Å². The van der Waals surface area contributed by atoms with Crippen molar-refractivity contribution in [1.82, 2.24) is 10.2 Å². The van der Waals surface area contributed by atoms with E-state index < -0.39 is 0 Å². The van der Waals surface area contributed by atoms with Crippen molar-refractivity contribution in [2.24, 2.45) is 5.41 Å². The lowest BCUT2D eigenvalue weighted by Gasteiger charge is -2.40. The van der Waals surface area contributed by atoms with Crippen molar-refractivity contribution in [3.8, 4) is 0 Å². The van der Waals surface area contributed by atoms with Crippen molar-refractivity contribution in [2.75, 3.05) is 32.8 Å². The van der Waals surface area contributed by atoms with Gasteiger partial charge in [-0.2, -0.15) is 0 Å². The van der Waals surface area contributed by atoms with Crippen LogP contribution >= 0.6 is 0 Å². The van der Waals surface area contributed by atoms with Gasteiger partial charge in [-0.3, -0.25) is 4.90 Å². The monoisotopic (exact) mass is 254 g/mol. The van der Waals surface area contributed by atoms with Gasteiger partial charge in [0.25, 0.3) is 0 Å². The van der Waals surface area contributed by atoms with Crippen LogP contribution in [-0.4, -0.2) is 49.8 Å². The minimum Gasteiger partial charge on any atom is -0.381 e. The molecule has 2 heterocycles. The predicted octanol–water partition coefficient (Wildman–Crippen LogP) is 2.27. The fraction of sp³-hybridized carbons (Fsp3) is 1.00. The number of nitrogens with one attached hydrogen (secondary N) is 1. The largest absolute Gasteiger partial charge is 0.381 e. The van der Waals surface area contributed by atoms with Crippen LogP contribution in [0.4, 0.5) is 0 Å². The first-order chi connectivity index (χ1) is 8.61. The molecule has 0 aliphatic carbocycles. The summed E-state index contributed by atoms with van der Waals surface area (Å²) in [7, 11) is 0. The molecule has 0 bridgehead atoms. The van der Waals surface area contributed by atoms with Gasteiger partial charge in [-0.1, -0.05) is 20.3 Å². The van der Waals surface area contributed by atoms with E-state index in [2.05, 4.69) is 31.0 Å². The van der Waals surface area contributed by atoms with Gasteiger partial charge in [0.2, 0.25) is 0 Å². The van der Waals surface area contributed by atoms with Crippen LogP contribution in [0.3, 0.4) is 0 Å². The summed E-state index contributed by atoms with van der Waals surface area (Å²) >= 11 is 0. The Labute approximate surface area is 112 Å². The summed E-state index contributed by atoms with van der Waals surface area (Å²) in [5.41, 5.74) is 0.357. The molecule has 2 aliphatic heterocycles. The molecule has 3 heteroatoms. The number of rotatable bonds is 5. The maximum atomic E-state index is 5.70. The number of piperidine rings is 1. The van der Waals surface area contributed by atoms with Crippen molar-refractivity contribution in [3.63, 3.8) is 0 Å². The highest BCUT2D eigenvalue weighted by Crippen LogP contribution is 2.31. The highest BCUT2D eigenvalue weighted by atomic mass is 16.5. The van der Waals surface area contributed by atoms with E-state index in [0.717, 1.165) is 25.8 Å². The van der Waals surface area contributed by atoms with Gasteiger partial charge in [0.15, 0.2) is 0 Å². The van der Waals surface area contributed by atoms with Gasteiger partial charge in [0.05, 0.1) is 6.61 Å². The van der Waals surface area contributed by atoms with Gasteiger partial charge in [-0.15, -0.1) is 0 Å². The molecule has 0 amide bonds. The summed E-state index contributed by atoms with van der Waals surface area (Å²) < 4.78 is 5.70. The van der Waals surface area contributed by atoms with Crippen LogP contribution in [0, 0.1) is 5.41 Å². The standard InChI is InChI=1S/C15H30N2O/c1-13(2)16-10-15(7-9-18-12-15)11-17-8-5-4-6-14(17)3/h13-14,16H,4-12H2,1-3H3. The molecule has 0 aromatic heterocycles. The van der Waals surface area contributed by atoms with E-state index in [9.17, 15) is 0 Å². The zero-order chi connectivity index (χ0) is 13.0. The lowest BCUT2D eigenvalue weighted by Crippen LogP contribution is -2.49. The van der Waals surface area contributed by atoms with Gasteiger partial charge in [0.1, 0.15) is 0 Å². The molecular formula is C15H30N2O. The first-order valence-corrected chi connectivity index (χ1v) is 7.66. The molecule has 18 heavy (non-hydrogen) atoms. The fourth-order valence-corrected chi connectivity index (χ4v) is 3.21. The lowest BCUT2D eigenvalue weighted by atomic mass is 9.85. The molecule has 0 saturated carbocycles. The molecule has 0 aromatic rings. The molecule has 0 spiro atoms. The molecule has 106 valence electrons. The van der Waals surface area contributed by atoms with E-state index in [4.69, 9.17) is 4.74 Å². The minimum atomic E-state index is 0.357. The molecule has 2 aliphatic rings. The van der Waals surface area contributed by atoms with Gasteiger partial charge < -0.3 is 10.1 Å². The predicted molar refractivity (Wildman–Crippen MR) is 75.9 cm³/mol. The molecule has 0 radical (unpaired) electrons. The summed E-state index contributed by atoms with van der Waals surface area (Å²) in [6.07, 6.45) is 5.37. The molecule has 1 N–H and O–H groups in total. The number of hydrogen-bond donors (Lipinski definition) is 1. The van der Waals surface area contributed by atoms with E-state index in [0.29, 0.717) is 11.5 Å². The molecule has 2 rings (SSSR count). The van der Waals surface area contributed by atoms with Crippen LogP contribution in [0.2, 0.25) is 0 Å². The third-order valence-corrected chi connectivity index (χ3v) is 4.55. The number of hydrogen-bond acceptors (Lipinski definition) is 3. The molecule has 2 fully saturated rings. The van der Waals surface area contributed by atoms with Crippen molar-refractivity contribution in [2.45, 2.75) is 58.5 Å². The Balaban J connectivity index is 1.92. The zero-order valence-electron chi connectivity index (χ0n) is 12.4. The Morgan fingerprint density at radius 1 is 1.39 bits per heavy atom. The van der Waals surface area contributed by atoms with Crippen LogP contribution < -0.4 is 5.32 Å². The SMILES string of the molecule is CC(C)NCC1(CN2CCCCC2C)CCOC1. The zero-order valence-corrected chi connectivity index (χ0v) is 12.4. The van der Waals surface area contributed by atoms with Crippen molar-refractivity contribution in [1.29, 1.82) is 0 Å². The Bertz CT molecular complexity index is 249. The van der Waals surface area contributed by atoms with Crippen LogP contribution in [0.25, 0.3) is 0 Å². The van der Waals surface area contributed by atoms with Gasteiger partial charge in [0, 0.05) is 37.2 Å². The molecule has 2 atom stereocenters. The summed E-state index contributed by atoms with van der Waals surface area (Å²) in [6, 6.07) is 1.33. The van der Waals surface area contributed by atoms with Crippen LogP contribution in [0.5, 0.6) is 0 Å². The second-order valence-electron chi connectivity index (χ2n) is 6.65. The Hall–Kier alpha value is -0.120. The molecule has 0 aromatic carbocycles. The van der Waals surface area contributed by atoms with Crippen LogP contribution in [-0.2, 0) is 4.74 Å². The lowest BCUT2D eigenvalue weighted by molar-refractivity contribution is 0.0706.